The zero-order valence-electron chi connectivity index (χ0n) is 19.2. The Hall–Kier alpha value is -3.73. The summed E-state index contributed by atoms with van der Waals surface area (Å²) < 4.78 is 37.7. The van der Waals surface area contributed by atoms with Gasteiger partial charge in [-0.05, 0) is 31.9 Å². The lowest BCUT2D eigenvalue weighted by Crippen LogP contribution is -2.43. The van der Waals surface area contributed by atoms with E-state index in [9.17, 15) is 13.6 Å². The van der Waals surface area contributed by atoms with Crippen LogP contribution in [0.25, 0.3) is 22.2 Å². The molecule has 35 heavy (non-hydrogen) atoms. The van der Waals surface area contributed by atoms with Crippen LogP contribution in [0.3, 0.4) is 0 Å². The Morgan fingerprint density at radius 1 is 1.09 bits per heavy atom. The van der Waals surface area contributed by atoms with Gasteiger partial charge in [-0.2, -0.15) is 10.2 Å². The molecular formula is C24H23F2N7O2. The van der Waals surface area contributed by atoms with Crippen molar-refractivity contribution in [3.63, 3.8) is 0 Å². The number of fused-ring (bicyclic) bond motifs is 1. The maximum Gasteiger partial charge on any atom is 0.293 e. The molecule has 9 nitrogen and oxygen atoms in total. The average molecular weight is 479 g/mol. The van der Waals surface area contributed by atoms with Crippen molar-refractivity contribution < 1.29 is 13.5 Å². The van der Waals surface area contributed by atoms with Crippen molar-refractivity contribution in [2.24, 2.45) is 7.05 Å². The fourth-order valence-corrected chi connectivity index (χ4v) is 4.48. The summed E-state index contributed by atoms with van der Waals surface area (Å²) in [6.45, 7) is 2.87. The molecule has 0 spiro atoms. The molecule has 0 amide bonds. The third-order valence-corrected chi connectivity index (χ3v) is 6.43. The molecule has 1 aliphatic heterocycles. The fourth-order valence-electron chi connectivity index (χ4n) is 4.48. The minimum atomic E-state index is -0.780. The van der Waals surface area contributed by atoms with Crippen LogP contribution in [0, 0.1) is 11.6 Å². The van der Waals surface area contributed by atoms with Gasteiger partial charge in [-0.25, -0.2) is 23.4 Å². The van der Waals surface area contributed by atoms with Crippen LogP contribution in [0.15, 0.2) is 41.6 Å². The van der Waals surface area contributed by atoms with Crippen molar-refractivity contribution in [3.8, 4) is 11.3 Å². The molecule has 0 N–H and O–H groups in total. The Morgan fingerprint density at radius 2 is 1.91 bits per heavy atom. The molecule has 3 aromatic heterocycles. The molecule has 0 bridgehead atoms. The second kappa shape index (κ2) is 8.19. The van der Waals surface area contributed by atoms with E-state index in [0.717, 1.165) is 30.5 Å². The molecule has 1 saturated carbocycles. The summed E-state index contributed by atoms with van der Waals surface area (Å²) in [6.07, 6.45) is 7.11. The molecule has 2 fully saturated rings. The second-order valence-corrected chi connectivity index (χ2v) is 9.16. The van der Waals surface area contributed by atoms with Crippen molar-refractivity contribution in [2.75, 3.05) is 18.0 Å². The highest BCUT2D eigenvalue weighted by Crippen LogP contribution is 2.36. The normalized spacial score (nSPS) is 20.5. The van der Waals surface area contributed by atoms with E-state index in [4.69, 9.17) is 4.74 Å². The lowest BCUT2D eigenvalue weighted by molar-refractivity contribution is -0.0178. The van der Waals surface area contributed by atoms with Gasteiger partial charge < -0.3 is 9.64 Å². The van der Waals surface area contributed by atoms with Gasteiger partial charge in [0.15, 0.2) is 0 Å². The highest BCUT2D eigenvalue weighted by atomic mass is 19.1. The maximum absolute atomic E-state index is 14.8. The number of hydrogen-bond acceptors (Lipinski definition) is 7. The summed E-state index contributed by atoms with van der Waals surface area (Å²) >= 11 is 0. The quantitative estimate of drug-likeness (QED) is 0.444. The highest BCUT2D eigenvalue weighted by molar-refractivity contribution is 5.92. The third-order valence-electron chi connectivity index (χ3n) is 6.43. The molecule has 1 aromatic carbocycles. The number of anilines is 1. The SMILES string of the molecule is C[C@H]1CN(c2nc(-c3ccc(F)cc3F)c3cnn(C)c(=O)c3n2)C[C@@H](c2cnn(C3CC3)c2)O1. The van der Waals surface area contributed by atoms with Crippen molar-refractivity contribution in [1.29, 1.82) is 0 Å². The van der Waals surface area contributed by atoms with Crippen molar-refractivity contribution >= 4 is 16.9 Å². The smallest absolute Gasteiger partial charge is 0.293 e. The Morgan fingerprint density at radius 3 is 2.69 bits per heavy atom. The van der Waals surface area contributed by atoms with E-state index in [1.165, 1.54) is 24.0 Å². The minimum Gasteiger partial charge on any atom is -0.367 e. The van der Waals surface area contributed by atoms with Gasteiger partial charge in [0, 0.05) is 37.0 Å². The minimum absolute atomic E-state index is 0.0682. The van der Waals surface area contributed by atoms with Gasteiger partial charge in [-0.1, -0.05) is 0 Å². The number of hydrogen-bond donors (Lipinski definition) is 0. The van der Waals surface area contributed by atoms with Gasteiger partial charge in [-0.15, -0.1) is 0 Å². The van der Waals surface area contributed by atoms with Gasteiger partial charge >= 0.3 is 0 Å². The van der Waals surface area contributed by atoms with Gasteiger partial charge in [0.05, 0.1) is 42.2 Å². The van der Waals surface area contributed by atoms with E-state index < -0.39 is 17.2 Å². The van der Waals surface area contributed by atoms with Crippen LogP contribution in [-0.4, -0.2) is 48.7 Å². The van der Waals surface area contributed by atoms with Crippen LogP contribution < -0.4 is 10.5 Å². The summed E-state index contributed by atoms with van der Waals surface area (Å²) in [4.78, 5) is 24.1. The number of aryl methyl sites for hydroxylation is 1. The summed E-state index contributed by atoms with van der Waals surface area (Å²) in [5, 5.41) is 8.82. The first-order chi connectivity index (χ1) is 16.9. The van der Waals surface area contributed by atoms with E-state index in [-0.39, 0.29) is 34.9 Å². The fraction of sp³-hybridized carbons (Fsp3) is 0.375. The Kier molecular flexibility index (Phi) is 5.10. The molecule has 0 radical (unpaired) electrons. The molecule has 1 saturated heterocycles. The topological polar surface area (TPSA) is 91.0 Å². The number of benzene rings is 1. The van der Waals surface area contributed by atoms with Crippen LogP contribution >= 0.6 is 0 Å². The third kappa shape index (κ3) is 3.95. The van der Waals surface area contributed by atoms with Crippen LogP contribution in [0.5, 0.6) is 0 Å². The van der Waals surface area contributed by atoms with E-state index in [0.29, 0.717) is 24.5 Å². The lowest BCUT2D eigenvalue weighted by Gasteiger charge is -2.36. The van der Waals surface area contributed by atoms with Crippen LogP contribution in [0.4, 0.5) is 14.7 Å². The van der Waals surface area contributed by atoms with Gasteiger partial charge in [-0.3, -0.25) is 9.48 Å². The zero-order chi connectivity index (χ0) is 24.3. The molecule has 2 aliphatic rings. The molecule has 4 aromatic rings. The number of nitrogens with zero attached hydrogens (tertiary/aromatic N) is 7. The van der Waals surface area contributed by atoms with Gasteiger partial charge in [0.1, 0.15) is 23.3 Å². The second-order valence-electron chi connectivity index (χ2n) is 9.16. The van der Waals surface area contributed by atoms with Crippen molar-refractivity contribution in [1.82, 2.24) is 29.5 Å². The van der Waals surface area contributed by atoms with Crippen LogP contribution in [0.2, 0.25) is 0 Å². The Balaban J connectivity index is 1.45. The van der Waals surface area contributed by atoms with Gasteiger partial charge in [0.25, 0.3) is 5.56 Å². The predicted octanol–water partition coefficient (Wildman–Crippen LogP) is 3.17. The van der Waals surface area contributed by atoms with Crippen molar-refractivity contribution in [3.05, 3.63) is 64.3 Å². The molecule has 0 unspecified atom stereocenters. The first-order valence-electron chi connectivity index (χ1n) is 11.5. The van der Waals surface area contributed by atoms with E-state index >= 15 is 0 Å². The monoisotopic (exact) mass is 479 g/mol. The summed E-state index contributed by atoms with van der Waals surface area (Å²) in [6, 6.07) is 3.72. The molecule has 6 rings (SSSR count). The lowest BCUT2D eigenvalue weighted by atomic mass is 10.1. The van der Waals surface area contributed by atoms with Gasteiger partial charge in [0.2, 0.25) is 5.95 Å². The predicted molar refractivity (Wildman–Crippen MR) is 124 cm³/mol. The summed E-state index contributed by atoms with van der Waals surface area (Å²) in [7, 11) is 1.52. The van der Waals surface area contributed by atoms with E-state index in [1.54, 1.807) is 0 Å². The highest BCUT2D eigenvalue weighted by Gasteiger charge is 2.31. The molecule has 11 heteroatoms. The standard InChI is InChI=1S/C24H23F2N7O2/c1-13-10-32(12-20(35-13)14-8-28-33(11-14)16-4-5-16)24-29-21(17-6-3-15(25)7-19(17)26)18-9-27-31(2)23(34)22(18)30-24/h3,6-9,11,13,16,20H,4-5,10,12H2,1-2H3/t13-,20-/m0/s1. The number of halogens is 2. The molecule has 4 heterocycles. The molecule has 2 atom stereocenters. The number of ether oxygens (including phenoxy) is 1. The first-order valence-corrected chi connectivity index (χ1v) is 11.5. The maximum atomic E-state index is 14.8. The van der Waals surface area contributed by atoms with E-state index in [2.05, 4.69) is 20.2 Å². The first kappa shape index (κ1) is 21.8. The van der Waals surface area contributed by atoms with Crippen LogP contribution in [-0.2, 0) is 11.8 Å². The van der Waals surface area contributed by atoms with E-state index in [1.807, 2.05) is 28.9 Å². The Labute approximate surface area is 199 Å². The summed E-state index contributed by atoms with van der Waals surface area (Å²) in [5.74, 6) is -1.21. The number of rotatable bonds is 4. The molecule has 1 aliphatic carbocycles. The molecule has 180 valence electrons. The number of aromatic nitrogens is 6. The largest absolute Gasteiger partial charge is 0.367 e. The number of morpholine rings is 1. The molecular weight excluding hydrogens is 456 g/mol. The Bertz CT molecular complexity index is 1500. The zero-order valence-corrected chi connectivity index (χ0v) is 19.2. The van der Waals surface area contributed by atoms with Crippen molar-refractivity contribution in [2.45, 2.75) is 38.0 Å². The van der Waals surface area contributed by atoms with Crippen LogP contribution in [0.1, 0.15) is 37.5 Å². The average Bonchev–Trinajstić information content (AvgIpc) is 3.57. The summed E-state index contributed by atoms with van der Waals surface area (Å²) in [5.41, 5.74) is 0.893.